The van der Waals surface area contributed by atoms with E-state index in [1.807, 2.05) is 10.8 Å². The fraction of sp³-hybridized carbons (Fsp3) is 0.750. The van der Waals surface area contributed by atoms with Crippen molar-refractivity contribution in [1.29, 1.82) is 0 Å². The molecule has 1 aromatic heterocycles. The number of hydrogen-bond donors (Lipinski definition) is 2. The van der Waals surface area contributed by atoms with Crippen molar-refractivity contribution in [3.63, 3.8) is 0 Å². The highest BCUT2D eigenvalue weighted by atomic mass is 16.2. The first-order valence-electron chi connectivity index (χ1n) is 8.32. The molecule has 2 N–H and O–H groups in total. The molecule has 1 aliphatic heterocycles. The molecule has 2 bridgehead atoms. The Morgan fingerprint density at radius 3 is 3.10 bits per heavy atom. The zero-order chi connectivity index (χ0) is 14.4. The quantitative estimate of drug-likeness (QED) is 0.897. The van der Waals surface area contributed by atoms with Crippen LogP contribution in [0.5, 0.6) is 0 Å². The summed E-state index contributed by atoms with van der Waals surface area (Å²) in [5.74, 6) is 3.24. The molecule has 114 valence electrons. The van der Waals surface area contributed by atoms with Crippen LogP contribution in [0.2, 0.25) is 0 Å². The van der Waals surface area contributed by atoms with E-state index >= 15 is 0 Å². The highest BCUT2D eigenvalue weighted by molar-refractivity contribution is 5.92. The molecule has 0 radical (unpaired) electrons. The molecule has 0 spiro atoms. The van der Waals surface area contributed by atoms with Crippen LogP contribution in [0.4, 0.5) is 5.95 Å². The molecule has 1 aromatic rings. The molecule has 2 fully saturated rings. The summed E-state index contributed by atoms with van der Waals surface area (Å²) in [5.41, 5.74) is 0.550. The minimum Gasteiger partial charge on any atom is -0.356 e. The van der Waals surface area contributed by atoms with Gasteiger partial charge in [0.05, 0.1) is 0 Å². The molecule has 3 aliphatic rings. The van der Waals surface area contributed by atoms with E-state index in [0.717, 1.165) is 37.3 Å². The summed E-state index contributed by atoms with van der Waals surface area (Å²) < 4.78 is 2.04. The van der Waals surface area contributed by atoms with Gasteiger partial charge in [0.25, 0.3) is 5.91 Å². The smallest absolute Gasteiger partial charge is 0.271 e. The summed E-state index contributed by atoms with van der Waals surface area (Å²) in [6.45, 7) is 4.06. The van der Waals surface area contributed by atoms with Crippen molar-refractivity contribution in [3.05, 3.63) is 11.9 Å². The Morgan fingerprint density at radius 1 is 1.48 bits per heavy atom. The van der Waals surface area contributed by atoms with E-state index in [1.165, 1.54) is 25.7 Å². The minimum atomic E-state index is -0.0195. The van der Waals surface area contributed by atoms with E-state index in [4.69, 9.17) is 0 Å². The van der Waals surface area contributed by atoms with Crippen molar-refractivity contribution in [3.8, 4) is 0 Å². The SMILES string of the molecule is CC(NC(=O)c1cn2c(n1)NCCC2)C1CC2CCC1C2. The van der Waals surface area contributed by atoms with E-state index in [9.17, 15) is 4.79 Å². The fourth-order valence-corrected chi connectivity index (χ4v) is 4.58. The second-order valence-corrected chi connectivity index (χ2v) is 7.02. The fourth-order valence-electron chi connectivity index (χ4n) is 4.58. The van der Waals surface area contributed by atoms with Gasteiger partial charge in [-0.3, -0.25) is 4.79 Å². The standard InChI is InChI=1S/C16H24N4O/c1-10(13-8-11-3-4-12(13)7-11)18-15(21)14-9-20-6-2-5-17-16(20)19-14/h9-13H,2-8H2,1H3,(H,17,19)(H,18,21). The topological polar surface area (TPSA) is 59.0 Å². The van der Waals surface area contributed by atoms with E-state index in [2.05, 4.69) is 22.5 Å². The normalized spacial score (nSPS) is 31.6. The number of carbonyl (C=O) groups excluding carboxylic acids is 1. The number of nitrogens with one attached hydrogen (secondary N) is 2. The number of imidazole rings is 1. The lowest BCUT2D eigenvalue weighted by molar-refractivity contribution is 0.0910. The van der Waals surface area contributed by atoms with Crippen LogP contribution < -0.4 is 10.6 Å². The molecule has 5 nitrogen and oxygen atoms in total. The lowest BCUT2D eigenvalue weighted by Gasteiger charge is -2.28. The first-order chi connectivity index (χ1) is 10.2. The highest BCUT2D eigenvalue weighted by Crippen LogP contribution is 2.49. The lowest BCUT2D eigenvalue weighted by atomic mass is 9.84. The molecular weight excluding hydrogens is 264 g/mol. The zero-order valence-electron chi connectivity index (χ0n) is 12.6. The number of carbonyl (C=O) groups is 1. The average molecular weight is 288 g/mol. The number of aromatic nitrogens is 2. The first-order valence-corrected chi connectivity index (χ1v) is 8.32. The molecule has 5 heteroatoms. The third-order valence-corrected chi connectivity index (χ3v) is 5.66. The summed E-state index contributed by atoms with van der Waals surface area (Å²) in [7, 11) is 0. The van der Waals surface area contributed by atoms with Gasteiger partial charge >= 0.3 is 0 Å². The predicted octanol–water partition coefficient (Wildman–Crippen LogP) is 2.25. The van der Waals surface area contributed by atoms with E-state index in [-0.39, 0.29) is 11.9 Å². The summed E-state index contributed by atoms with van der Waals surface area (Å²) >= 11 is 0. The number of rotatable bonds is 3. The number of hydrogen-bond acceptors (Lipinski definition) is 3. The van der Waals surface area contributed by atoms with Gasteiger partial charge in [-0.05, 0) is 50.4 Å². The predicted molar refractivity (Wildman–Crippen MR) is 81.2 cm³/mol. The van der Waals surface area contributed by atoms with E-state index in [1.54, 1.807) is 0 Å². The monoisotopic (exact) mass is 288 g/mol. The molecule has 0 saturated heterocycles. The Morgan fingerprint density at radius 2 is 2.38 bits per heavy atom. The average Bonchev–Trinajstić information content (AvgIpc) is 3.21. The molecule has 4 unspecified atom stereocenters. The van der Waals surface area contributed by atoms with Crippen molar-refractivity contribution in [1.82, 2.24) is 14.9 Å². The molecule has 2 aliphatic carbocycles. The Bertz CT molecular complexity index is 529. The van der Waals surface area contributed by atoms with Crippen LogP contribution in [0.1, 0.15) is 49.5 Å². The summed E-state index contributed by atoms with van der Waals surface area (Å²) in [5, 5.41) is 6.43. The second kappa shape index (κ2) is 5.04. The van der Waals surface area contributed by atoms with Gasteiger partial charge in [0.1, 0.15) is 5.69 Å². The van der Waals surface area contributed by atoms with Gasteiger partial charge in [0.15, 0.2) is 0 Å². The third-order valence-electron chi connectivity index (χ3n) is 5.66. The van der Waals surface area contributed by atoms with Crippen LogP contribution >= 0.6 is 0 Å². The van der Waals surface area contributed by atoms with Crippen molar-refractivity contribution in [2.75, 3.05) is 11.9 Å². The second-order valence-electron chi connectivity index (χ2n) is 7.02. The van der Waals surface area contributed by atoms with Crippen molar-refractivity contribution in [2.45, 2.75) is 51.6 Å². The molecular formula is C16H24N4O. The zero-order valence-corrected chi connectivity index (χ0v) is 12.6. The van der Waals surface area contributed by atoms with Gasteiger partial charge in [-0.15, -0.1) is 0 Å². The molecule has 4 rings (SSSR count). The molecule has 0 aromatic carbocycles. The van der Waals surface area contributed by atoms with Gasteiger partial charge in [0.2, 0.25) is 5.95 Å². The Labute approximate surface area is 125 Å². The van der Waals surface area contributed by atoms with Crippen LogP contribution in [-0.2, 0) is 6.54 Å². The van der Waals surface area contributed by atoms with Gasteiger partial charge < -0.3 is 15.2 Å². The van der Waals surface area contributed by atoms with Crippen LogP contribution in [0, 0.1) is 17.8 Å². The number of anilines is 1. The van der Waals surface area contributed by atoms with Crippen molar-refractivity contribution >= 4 is 11.9 Å². The van der Waals surface area contributed by atoms with E-state index in [0.29, 0.717) is 11.6 Å². The number of aryl methyl sites for hydroxylation is 1. The first kappa shape index (κ1) is 13.2. The summed E-state index contributed by atoms with van der Waals surface area (Å²) in [6.07, 6.45) is 8.41. The molecule has 4 atom stereocenters. The minimum absolute atomic E-state index is 0.0195. The summed E-state index contributed by atoms with van der Waals surface area (Å²) in [4.78, 5) is 16.8. The van der Waals surface area contributed by atoms with Crippen molar-refractivity contribution in [2.24, 2.45) is 17.8 Å². The number of amides is 1. The van der Waals surface area contributed by atoms with Crippen LogP contribution in [0.25, 0.3) is 0 Å². The maximum Gasteiger partial charge on any atom is 0.271 e. The third kappa shape index (κ3) is 2.32. The lowest BCUT2D eigenvalue weighted by Crippen LogP contribution is -2.40. The van der Waals surface area contributed by atoms with E-state index < -0.39 is 0 Å². The maximum absolute atomic E-state index is 12.4. The summed E-state index contributed by atoms with van der Waals surface area (Å²) in [6, 6.07) is 0.263. The largest absolute Gasteiger partial charge is 0.356 e. The Balaban J connectivity index is 1.42. The van der Waals surface area contributed by atoms with Gasteiger partial charge in [-0.2, -0.15) is 0 Å². The van der Waals surface area contributed by atoms with Gasteiger partial charge in [0, 0.05) is 25.3 Å². The van der Waals surface area contributed by atoms with Crippen LogP contribution in [-0.4, -0.2) is 28.0 Å². The van der Waals surface area contributed by atoms with Gasteiger partial charge in [-0.1, -0.05) is 6.42 Å². The number of fused-ring (bicyclic) bond motifs is 3. The maximum atomic E-state index is 12.4. The van der Waals surface area contributed by atoms with Crippen LogP contribution in [0.3, 0.4) is 0 Å². The number of nitrogens with zero attached hydrogens (tertiary/aromatic N) is 2. The Hall–Kier alpha value is -1.52. The molecule has 1 amide bonds. The highest BCUT2D eigenvalue weighted by Gasteiger charge is 2.42. The molecule has 21 heavy (non-hydrogen) atoms. The molecule has 2 saturated carbocycles. The van der Waals surface area contributed by atoms with Crippen LogP contribution in [0.15, 0.2) is 6.20 Å². The van der Waals surface area contributed by atoms with Gasteiger partial charge in [-0.25, -0.2) is 4.98 Å². The Kier molecular flexibility index (Phi) is 3.16. The molecule has 2 heterocycles. The van der Waals surface area contributed by atoms with Crippen molar-refractivity contribution < 1.29 is 4.79 Å².